The van der Waals surface area contributed by atoms with Crippen molar-refractivity contribution in [2.24, 2.45) is 5.73 Å². The maximum absolute atomic E-state index is 12.5. The summed E-state index contributed by atoms with van der Waals surface area (Å²) in [4.78, 5) is 0.123. The summed E-state index contributed by atoms with van der Waals surface area (Å²) in [5.41, 5.74) is 8.01. The van der Waals surface area contributed by atoms with Crippen molar-refractivity contribution in [3.63, 3.8) is 0 Å². The normalized spacial score (nSPS) is 11.9. The summed E-state index contributed by atoms with van der Waals surface area (Å²) in [7, 11) is -3.70. The molecule has 0 fully saturated rings. The zero-order chi connectivity index (χ0) is 15.6. The Morgan fingerprint density at radius 1 is 1.29 bits per heavy atom. The summed E-state index contributed by atoms with van der Waals surface area (Å²) in [5.74, 6) is 0.399. The van der Waals surface area contributed by atoms with Gasteiger partial charge in [0.25, 0.3) is 10.0 Å². The number of rotatable bonds is 5. The van der Waals surface area contributed by atoms with Crippen molar-refractivity contribution in [1.82, 2.24) is 10.2 Å². The van der Waals surface area contributed by atoms with Crippen molar-refractivity contribution in [1.29, 1.82) is 0 Å². The molecule has 2 aromatic rings. The Labute approximate surface area is 124 Å². The second-order valence-corrected chi connectivity index (χ2v) is 6.83. The highest BCUT2D eigenvalue weighted by molar-refractivity contribution is 7.92. The van der Waals surface area contributed by atoms with Crippen molar-refractivity contribution in [2.45, 2.75) is 38.1 Å². The van der Waals surface area contributed by atoms with E-state index in [1.807, 2.05) is 12.1 Å². The molecule has 4 N–H and O–H groups in total. The van der Waals surface area contributed by atoms with Crippen LogP contribution in [0.5, 0.6) is 0 Å². The lowest BCUT2D eigenvalue weighted by molar-refractivity contribution is 0.599. The van der Waals surface area contributed by atoms with E-state index in [-0.39, 0.29) is 11.4 Å². The van der Waals surface area contributed by atoms with Gasteiger partial charge in [-0.05, 0) is 30.5 Å². The molecular formula is C14H20N4O2S. The number of nitrogens with two attached hydrogens (primary N) is 1. The van der Waals surface area contributed by atoms with Crippen molar-refractivity contribution in [3.8, 4) is 0 Å². The molecule has 1 aromatic carbocycles. The van der Waals surface area contributed by atoms with Gasteiger partial charge >= 0.3 is 0 Å². The van der Waals surface area contributed by atoms with E-state index in [4.69, 9.17) is 5.73 Å². The molecule has 1 aromatic heterocycles. The van der Waals surface area contributed by atoms with Crippen LogP contribution in [-0.4, -0.2) is 18.6 Å². The lowest BCUT2D eigenvalue weighted by Crippen LogP contribution is -2.16. The fourth-order valence-electron chi connectivity index (χ4n) is 2.11. The number of nitrogens with one attached hydrogen (secondary N) is 2. The quantitative estimate of drug-likeness (QED) is 0.787. The van der Waals surface area contributed by atoms with Crippen LogP contribution in [0.1, 0.15) is 36.7 Å². The van der Waals surface area contributed by atoms with Gasteiger partial charge in [0.2, 0.25) is 0 Å². The van der Waals surface area contributed by atoms with E-state index in [9.17, 15) is 8.42 Å². The number of nitrogens with zero attached hydrogens (tertiary/aromatic N) is 1. The van der Waals surface area contributed by atoms with Crippen molar-refractivity contribution < 1.29 is 8.42 Å². The van der Waals surface area contributed by atoms with Crippen LogP contribution in [0.4, 0.5) is 5.69 Å². The van der Waals surface area contributed by atoms with E-state index in [1.165, 1.54) is 0 Å². The number of aromatic amines is 1. The Bertz CT molecular complexity index is 718. The number of H-pyrrole nitrogens is 1. The molecule has 0 unspecified atom stereocenters. The molecule has 0 radical (unpaired) electrons. The van der Waals surface area contributed by atoms with Gasteiger partial charge in [0.1, 0.15) is 4.90 Å². The summed E-state index contributed by atoms with van der Waals surface area (Å²) >= 11 is 0. The van der Waals surface area contributed by atoms with Gasteiger partial charge in [-0.3, -0.25) is 9.82 Å². The molecule has 0 saturated heterocycles. The number of benzene rings is 1. The Hall–Kier alpha value is -1.86. The molecule has 0 aliphatic heterocycles. The Kier molecular flexibility index (Phi) is 4.34. The zero-order valence-electron chi connectivity index (χ0n) is 12.3. The molecule has 114 valence electrons. The first-order valence-corrected chi connectivity index (χ1v) is 8.20. The molecule has 21 heavy (non-hydrogen) atoms. The molecule has 0 spiro atoms. The van der Waals surface area contributed by atoms with Crippen LogP contribution in [0.25, 0.3) is 0 Å². The maximum Gasteiger partial charge on any atom is 0.265 e. The molecule has 0 bridgehead atoms. The van der Waals surface area contributed by atoms with Crippen LogP contribution in [0.3, 0.4) is 0 Å². The lowest BCUT2D eigenvalue weighted by Gasteiger charge is -2.10. The van der Waals surface area contributed by atoms with E-state index in [2.05, 4.69) is 28.8 Å². The summed E-state index contributed by atoms with van der Waals surface area (Å²) in [6.45, 7) is 5.89. The van der Waals surface area contributed by atoms with Gasteiger partial charge in [0.15, 0.2) is 0 Å². The second kappa shape index (κ2) is 5.87. The predicted octanol–water partition coefficient (Wildman–Crippen LogP) is 2.10. The standard InChI is InChI=1S/C14H20N4O2S/c1-9(2)11-4-6-12(7-5-11)18-21(19,20)14-10(3)16-17-13(14)8-15/h4-7,9,18H,8,15H2,1-3H3,(H,16,17). The van der Waals surface area contributed by atoms with E-state index in [1.54, 1.807) is 19.1 Å². The monoisotopic (exact) mass is 308 g/mol. The highest BCUT2D eigenvalue weighted by atomic mass is 32.2. The number of hydrogen-bond acceptors (Lipinski definition) is 4. The molecule has 0 amide bonds. The number of aromatic nitrogens is 2. The predicted molar refractivity (Wildman–Crippen MR) is 82.6 cm³/mol. The molecule has 6 nitrogen and oxygen atoms in total. The number of aryl methyl sites for hydroxylation is 1. The first-order chi connectivity index (χ1) is 9.85. The topological polar surface area (TPSA) is 101 Å². The highest BCUT2D eigenvalue weighted by Crippen LogP contribution is 2.22. The molecule has 0 saturated carbocycles. The average molecular weight is 308 g/mol. The van der Waals surface area contributed by atoms with Gasteiger partial charge in [-0.1, -0.05) is 26.0 Å². The van der Waals surface area contributed by atoms with Crippen LogP contribution in [0, 0.1) is 6.92 Å². The van der Waals surface area contributed by atoms with Crippen LogP contribution in [0.15, 0.2) is 29.2 Å². The van der Waals surface area contributed by atoms with Gasteiger partial charge in [-0.25, -0.2) is 8.42 Å². The minimum absolute atomic E-state index is 0.0624. The third kappa shape index (κ3) is 3.25. The summed E-state index contributed by atoms with van der Waals surface area (Å²) < 4.78 is 27.5. The summed E-state index contributed by atoms with van der Waals surface area (Å²) in [5, 5.41) is 6.57. The van der Waals surface area contributed by atoms with Gasteiger partial charge in [-0.2, -0.15) is 5.10 Å². The molecule has 1 heterocycles. The van der Waals surface area contributed by atoms with Crippen molar-refractivity contribution in [2.75, 3.05) is 4.72 Å². The van der Waals surface area contributed by atoms with Crippen LogP contribution in [-0.2, 0) is 16.6 Å². The minimum Gasteiger partial charge on any atom is -0.325 e. The lowest BCUT2D eigenvalue weighted by atomic mass is 10.0. The van der Waals surface area contributed by atoms with E-state index >= 15 is 0 Å². The second-order valence-electron chi connectivity index (χ2n) is 5.21. The average Bonchev–Trinajstić information content (AvgIpc) is 2.80. The Morgan fingerprint density at radius 2 is 1.90 bits per heavy atom. The molecule has 0 aliphatic rings. The summed E-state index contributed by atoms with van der Waals surface area (Å²) in [6, 6.07) is 7.33. The highest BCUT2D eigenvalue weighted by Gasteiger charge is 2.23. The molecule has 2 rings (SSSR count). The van der Waals surface area contributed by atoms with E-state index in [0.29, 0.717) is 23.0 Å². The summed E-state index contributed by atoms with van der Waals surface area (Å²) in [6.07, 6.45) is 0. The molecule has 0 aliphatic carbocycles. The maximum atomic E-state index is 12.5. The fourth-order valence-corrected chi connectivity index (χ4v) is 3.54. The first kappa shape index (κ1) is 15.5. The minimum atomic E-state index is -3.70. The first-order valence-electron chi connectivity index (χ1n) is 6.72. The van der Waals surface area contributed by atoms with Gasteiger partial charge < -0.3 is 5.73 Å². The number of anilines is 1. The SMILES string of the molecule is Cc1[nH]nc(CN)c1S(=O)(=O)Nc1ccc(C(C)C)cc1. The third-order valence-electron chi connectivity index (χ3n) is 3.25. The van der Waals surface area contributed by atoms with E-state index < -0.39 is 10.0 Å². The number of sulfonamides is 1. The molecule has 7 heteroatoms. The van der Waals surface area contributed by atoms with Gasteiger partial charge in [0, 0.05) is 12.2 Å². The Morgan fingerprint density at radius 3 is 2.43 bits per heavy atom. The van der Waals surface area contributed by atoms with Crippen molar-refractivity contribution >= 4 is 15.7 Å². The van der Waals surface area contributed by atoms with Crippen molar-refractivity contribution in [3.05, 3.63) is 41.2 Å². The van der Waals surface area contributed by atoms with Crippen LogP contribution < -0.4 is 10.5 Å². The van der Waals surface area contributed by atoms with Gasteiger partial charge in [-0.15, -0.1) is 0 Å². The molecular weight excluding hydrogens is 288 g/mol. The number of hydrogen-bond donors (Lipinski definition) is 3. The third-order valence-corrected chi connectivity index (χ3v) is 4.84. The zero-order valence-corrected chi connectivity index (χ0v) is 13.2. The van der Waals surface area contributed by atoms with E-state index in [0.717, 1.165) is 5.56 Å². The molecule has 0 atom stereocenters. The fraction of sp³-hybridized carbons (Fsp3) is 0.357. The van der Waals surface area contributed by atoms with Gasteiger partial charge in [0.05, 0.1) is 11.4 Å². The Balaban J connectivity index is 2.31. The largest absolute Gasteiger partial charge is 0.325 e. The van der Waals surface area contributed by atoms with Crippen LogP contribution in [0.2, 0.25) is 0 Å². The van der Waals surface area contributed by atoms with Crippen LogP contribution >= 0.6 is 0 Å². The smallest absolute Gasteiger partial charge is 0.265 e.